The van der Waals surface area contributed by atoms with Crippen LogP contribution in [0.2, 0.25) is 0 Å². The SMILES string of the molecule is Cc1ccc(C(=O)N(CCCN)c2ccccc2)cc1C. The summed E-state index contributed by atoms with van der Waals surface area (Å²) in [6.45, 7) is 5.28. The molecule has 0 unspecified atom stereocenters. The maximum atomic E-state index is 12.8. The minimum Gasteiger partial charge on any atom is -0.330 e. The molecule has 2 rings (SSSR count). The summed E-state index contributed by atoms with van der Waals surface area (Å²) in [5.74, 6) is 0.0257. The van der Waals surface area contributed by atoms with Gasteiger partial charge in [0.25, 0.3) is 5.91 Å². The Hall–Kier alpha value is -2.13. The molecule has 2 aromatic rings. The minimum atomic E-state index is 0.0257. The van der Waals surface area contributed by atoms with Gasteiger partial charge in [0.1, 0.15) is 0 Å². The number of anilines is 1. The Morgan fingerprint density at radius 1 is 1.05 bits per heavy atom. The van der Waals surface area contributed by atoms with Crippen LogP contribution in [0.3, 0.4) is 0 Å². The number of rotatable bonds is 5. The molecule has 3 heteroatoms. The van der Waals surface area contributed by atoms with E-state index in [2.05, 4.69) is 0 Å². The zero-order valence-corrected chi connectivity index (χ0v) is 12.7. The van der Waals surface area contributed by atoms with E-state index in [4.69, 9.17) is 5.73 Å². The van der Waals surface area contributed by atoms with Crippen molar-refractivity contribution in [3.63, 3.8) is 0 Å². The van der Waals surface area contributed by atoms with Crippen molar-refractivity contribution in [2.75, 3.05) is 18.0 Å². The van der Waals surface area contributed by atoms with E-state index in [0.717, 1.165) is 23.2 Å². The predicted molar refractivity (Wildman–Crippen MR) is 87.7 cm³/mol. The van der Waals surface area contributed by atoms with E-state index in [1.807, 2.05) is 62.4 Å². The Balaban J connectivity index is 2.31. The summed E-state index contributed by atoms with van der Waals surface area (Å²) in [6, 6.07) is 15.6. The second-order valence-electron chi connectivity index (χ2n) is 5.23. The average Bonchev–Trinajstić information content (AvgIpc) is 2.51. The van der Waals surface area contributed by atoms with Crippen LogP contribution < -0.4 is 10.6 Å². The molecule has 0 fully saturated rings. The predicted octanol–water partition coefficient (Wildman–Crippen LogP) is 3.30. The highest BCUT2D eigenvalue weighted by atomic mass is 16.2. The van der Waals surface area contributed by atoms with Crippen LogP contribution >= 0.6 is 0 Å². The normalized spacial score (nSPS) is 10.4. The number of hydrogen-bond donors (Lipinski definition) is 1. The summed E-state index contributed by atoms with van der Waals surface area (Å²) in [5, 5.41) is 0. The van der Waals surface area contributed by atoms with Gasteiger partial charge in [-0.15, -0.1) is 0 Å². The number of para-hydroxylation sites is 1. The van der Waals surface area contributed by atoms with Gasteiger partial charge in [-0.05, 0) is 62.2 Å². The molecule has 0 saturated carbocycles. The molecule has 0 saturated heterocycles. The molecule has 2 N–H and O–H groups in total. The third-order valence-electron chi connectivity index (χ3n) is 3.65. The van der Waals surface area contributed by atoms with Crippen molar-refractivity contribution in [2.24, 2.45) is 5.73 Å². The first-order valence-electron chi connectivity index (χ1n) is 7.27. The molecule has 0 aliphatic rings. The smallest absolute Gasteiger partial charge is 0.258 e. The first-order chi connectivity index (χ1) is 10.1. The van der Waals surface area contributed by atoms with Crippen molar-refractivity contribution in [1.29, 1.82) is 0 Å². The van der Waals surface area contributed by atoms with Crippen molar-refractivity contribution in [3.05, 3.63) is 65.2 Å². The zero-order valence-electron chi connectivity index (χ0n) is 12.7. The number of carbonyl (C=O) groups is 1. The van der Waals surface area contributed by atoms with E-state index in [-0.39, 0.29) is 5.91 Å². The Bertz CT molecular complexity index is 608. The molecule has 3 nitrogen and oxygen atoms in total. The van der Waals surface area contributed by atoms with E-state index in [1.165, 1.54) is 5.56 Å². The Kier molecular flexibility index (Phi) is 5.12. The summed E-state index contributed by atoms with van der Waals surface area (Å²) in [6.07, 6.45) is 0.783. The number of amides is 1. The molecule has 2 aromatic carbocycles. The van der Waals surface area contributed by atoms with Crippen LogP contribution in [0, 0.1) is 13.8 Å². The van der Waals surface area contributed by atoms with E-state index in [9.17, 15) is 4.79 Å². The van der Waals surface area contributed by atoms with Gasteiger partial charge in [-0.2, -0.15) is 0 Å². The Labute approximate surface area is 126 Å². The van der Waals surface area contributed by atoms with Gasteiger partial charge in [-0.1, -0.05) is 24.3 Å². The fourth-order valence-electron chi connectivity index (χ4n) is 2.24. The lowest BCUT2D eigenvalue weighted by Crippen LogP contribution is -2.33. The zero-order chi connectivity index (χ0) is 15.2. The lowest BCUT2D eigenvalue weighted by molar-refractivity contribution is 0.0986. The lowest BCUT2D eigenvalue weighted by Gasteiger charge is -2.23. The van der Waals surface area contributed by atoms with Gasteiger partial charge < -0.3 is 10.6 Å². The van der Waals surface area contributed by atoms with Gasteiger partial charge in [-0.3, -0.25) is 4.79 Å². The summed E-state index contributed by atoms with van der Waals surface area (Å²) in [7, 11) is 0. The minimum absolute atomic E-state index is 0.0257. The molecular formula is C18H22N2O. The summed E-state index contributed by atoms with van der Waals surface area (Å²) in [5.41, 5.74) is 9.56. The van der Waals surface area contributed by atoms with Gasteiger partial charge in [0.2, 0.25) is 0 Å². The Morgan fingerprint density at radius 3 is 2.38 bits per heavy atom. The highest BCUT2D eigenvalue weighted by molar-refractivity contribution is 6.06. The van der Waals surface area contributed by atoms with Gasteiger partial charge >= 0.3 is 0 Å². The molecule has 0 radical (unpaired) electrons. The Morgan fingerprint density at radius 2 is 1.76 bits per heavy atom. The number of aryl methyl sites for hydroxylation is 2. The number of benzene rings is 2. The van der Waals surface area contributed by atoms with Crippen LogP contribution in [0.25, 0.3) is 0 Å². The molecule has 0 aromatic heterocycles. The number of nitrogens with zero attached hydrogens (tertiary/aromatic N) is 1. The average molecular weight is 282 g/mol. The van der Waals surface area contributed by atoms with E-state index >= 15 is 0 Å². The van der Waals surface area contributed by atoms with E-state index < -0.39 is 0 Å². The van der Waals surface area contributed by atoms with Crippen molar-refractivity contribution < 1.29 is 4.79 Å². The van der Waals surface area contributed by atoms with Gasteiger partial charge in [0.05, 0.1) is 0 Å². The standard InChI is InChI=1S/C18H22N2O/c1-14-9-10-16(13-15(14)2)18(21)20(12-6-11-19)17-7-4-3-5-8-17/h3-5,7-10,13H,6,11-12,19H2,1-2H3. The summed E-state index contributed by atoms with van der Waals surface area (Å²) >= 11 is 0. The molecule has 0 aliphatic carbocycles. The second kappa shape index (κ2) is 7.04. The number of nitrogens with two attached hydrogens (primary N) is 1. The lowest BCUT2D eigenvalue weighted by atomic mass is 10.1. The van der Waals surface area contributed by atoms with Crippen LogP contribution in [0.1, 0.15) is 27.9 Å². The monoisotopic (exact) mass is 282 g/mol. The molecule has 1 amide bonds. The molecule has 0 spiro atoms. The quantitative estimate of drug-likeness (QED) is 0.914. The topological polar surface area (TPSA) is 46.3 Å². The number of hydrogen-bond acceptors (Lipinski definition) is 2. The van der Waals surface area contributed by atoms with Gasteiger partial charge in [-0.25, -0.2) is 0 Å². The third-order valence-corrected chi connectivity index (χ3v) is 3.65. The molecule has 0 atom stereocenters. The van der Waals surface area contributed by atoms with E-state index in [1.54, 1.807) is 4.90 Å². The van der Waals surface area contributed by atoms with Crippen molar-refractivity contribution in [1.82, 2.24) is 0 Å². The fourth-order valence-corrected chi connectivity index (χ4v) is 2.24. The molecule has 110 valence electrons. The van der Waals surface area contributed by atoms with Crippen LogP contribution in [0.15, 0.2) is 48.5 Å². The van der Waals surface area contributed by atoms with Crippen LogP contribution in [-0.2, 0) is 0 Å². The van der Waals surface area contributed by atoms with Crippen LogP contribution in [0.4, 0.5) is 5.69 Å². The molecule has 21 heavy (non-hydrogen) atoms. The molecule has 0 heterocycles. The van der Waals surface area contributed by atoms with Crippen molar-refractivity contribution in [3.8, 4) is 0 Å². The largest absolute Gasteiger partial charge is 0.330 e. The van der Waals surface area contributed by atoms with Crippen molar-refractivity contribution >= 4 is 11.6 Å². The highest BCUT2D eigenvalue weighted by Crippen LogP contribution is 2.19. The van der Waals surface area contributed by atoms with Crippen molar-refractivity contribution in [2.45, 2.75) is 20.3 Å². The second-order valence-corrected chi connectivity index (χ2v) is 5.23. The molecule has 0 aliphatic heterocycles. The summed E-state index contributed by atoms with van der Waals surface area (Å²) < 4.78 is 0. The van der Waals surface area contributed by atoms with E-state index in [0.29, 0.717) is 13.1 Å². The van der Waals surface area contributed by atoms with Crippen LogP contribution in [0.5, 0.6) is 0 Å². The maximum Gasteiger partial charge on any atom is 0.258 e. The first kappa shape index (κ1) is 15.3. The first-order valence-corrected chi connectivity index (χ1v) is 7.27. The number of carbonyl (C=O) groups excluding carboxylic acids is 1. The fraction of sp³-hybridized carbons (Fsp3) is 0.278. The highest BCUT2D eigenvalue weighted by Gasteiger charge is 2.17. The summed E-state index contributed by atoms with van der Waals surface area (Å²) in [4.78, 5) is 14.6. The maximum absolute atomic E-state index is 12.8. The van der Waals surface area contributed by atoms with Crippen LogP contribution in [-0.4, -0.2) is 19.0 Å². The third kappa shape index (κ3) is 3.70. The molecular weight excluding hydrogens is 260 g/mol. The van der Waals surface area contributed by atoms with Gasteiger partial charge in [0.15, 0.2) is 0 Å². The molecule has 0 bridgehead atoms. The van der Waals surface area contributed by atoms with Gasteiger partial charge in [0, 0.05) is 17.8 Å².